The van der Waals surface area contributed by atoms with Gasteiger partial charge in [0.1, 0.15) is 5.75 Å². The summed E-state index contributed by atoms with van der Waals surface area (Å²) in [6, 6.07) is 8.61. The number of hydrogen-bond donors (Lipinski definition) is 2. The number of sulfonamides is 1. The van der Waals surface area contributed by atoms with Crippen molar-refractivity contribution in [1.29, 1.82) is 0 Å². The summed E-state index contributed by atoms with van der Waals surface area (Å²) in [5.74, 6) is -0.882. The standard InChI is InChI=1S/C19H16F3N3O4S2/c1-29-16-7-2-12(10-15(16)19(20,21)22)11-24-17(26)13-3-5-14(6-4-13)31(27,28)25-18-23-8-9-30-18/h2-10H,11H2,1H3,(H,23,25)(H,24,26). The number of thiazole rings is 1. The molecule has 31 heavy (non-hydrogen) atoms. The van der Waals surface area contributed by atoms with Crippen LogP contribution in [0, 0.1) is 0 Å². The molecular weight excluding hydrogens is 455 g/mol. The van der Waals surface area contributed by atoms with Crippen LogP contribution in [0.5, 0.6) is 5.75 Å². The second kappa shape index (κ2) is 8.94. The highest BCUT2D eigenvalue weighted by Crippen LogP contribution is 2.36. The maximum Gasteiger partial charge on any atom is 0.419 e. The Labute approximate surface area is 179 Å². The lowest BCUT2D eigenvalue weighted by Crippen LogP contribution is -2.23. The largest absolute Gasteiger partial charge is 0.496 e. The van der Waals surface area contributed by atoms with Crippen LogP contribution in [-0.2, 0) is 22.7 Å². The summed E-state index contributed by atoms with van der Waals surface area (Å²) < 4.78 is 71.0. The van der Waals surface area contributed by atoms with Gasteiger partial charge in [-0.3, -0.25) is 9.52 Å². The Kier molecular flexibility index (Phi) is 6.51. The van der Waals surface area contributed by atoms with Crippen molar-refractivity contribution in [3.8, 4) is 5.75 Å². The van der Waals surface area contributed by atoms with Crippen LogP contribution in [0.1, 0.15) is 21.5 Å². The molecule has 164 valence electrons. The number of ether oxygens (including phenoxy) is 1. The molecule has 0 aliphatic rings. The number of methoxy groups -OCH3 is 1. The van der Waals surface area contributed by atoms with Gasteiger partial charge in [0.15, 0.2) is 5.13 Å². The van der Waals surface area contributed by atoms with Crippen LogP contribution in [-0.4, -0.2) is 26.4 Å². The number of carbonyl (C=O) groups excluding carboxylic acids is 1. The van der Waals surface area contributed by atoms with E-state index in [9.17, 15) is 26.4 Å². The van der Waals surface area contributed by atoms with Crippen LogP contribution in [0.3, 0.4) is 0 Å². The first-order valence-corrected chi connectivity index (χ1v) is 11.0. The number of nitrogens with one attached hydrogen (secondary N) is 2. The molecule has 0 saturated carbocycles. The van der Waals surface area contributed by atoms with Crippen LogP contribution in [0.25, 0.3) is 0 Å². The van der Waals surface area contributed by atoms with Crippen LogP contribution in [0.4, 0.5) is 18.3 Å². The van der Waals surface area contributed by atoms with Gasteiger partial charge in [0.25, 0.3) is 15.9 Å². The predicted molar refractivity (Wildman–Crippen MR) is 109 cm³/mol. The summed E-state index contributed by atoms with van der Waals surface area (Å²) in [5.41, 5.74) is -0.560. The third-order valence-corrected chi connectivity index (χ3v) is 6.28. The van der Waals surface area contributed by atoms with E-state index in [1.165, 1.54) is 42.6 Å². The molecule has 0 aliphatic heterocycles. The van der Waals surface area contributed by atoms with Crippen molar-refractivity contribution in [2.24, 2.45) is 0 Å². The van der Waals surface area contributed by atoms with Crippen LogP contribution in [0.15, 0.2) is 58.9 Å². The molecule has 0 saturated heterocycles. The molecule has 0 fully saturated rings. The first-order chi connectivity index (χ1) is 14.6. The van der Waals surface area contributed by atoms with Crippen LogP contribution < -0.4 is 14.8 Å². The van der Waals surface area contributed by atoms with Crippen LogP contribution >= 0.6 is 11.3 Å². The summed E-state index contributed by atoms with van der Waals surface area (Å²) >= 11 is 1.12. The number of benzene rings is 2. The Hall–Kier alpha value is -3.12. The molecule has 0 atom stereocenters. The van der Waals surface area contributed by atoms with Gasteiger partial charge in [-0.1, -0.05) is 6.07 Å². The quantitative estimate of drug-likeness (QED) is 0.545. The first kappa shape index (κ1) is 22.6. The molecule has 0 bridgehead atoms. The number of rotatable bonds is 7. The number of hydrogen-bond acceptors (Lipinski definition) is 6. The van der Waals surface area contributed by atoms with Gasteiger partial charge in [0.2, 0.25) is 0 Å². The highest BCUT2D eigenvalue weighted by molar-refractivity contribution is 7.93. The Bertz CT molecular complexity index is 1160. The third kappa shape index (κ3) is 5.52. The molecule has 2 aromatic carbocycles. The second-order valence-electron chi connectivity index (χ2n) is 6.18. The molecular formula is C19H16F3N3O4S2. The minimum Gasteiger partial charge on any atom is -0.496 e. The van der Waals surface area contributed by atoms with Gasteiger partial charge in [0, 0.05) is 23.7 Å². The highest BCUT2D eigenvalue weighted by Gasteiger charge is 2.34. The maximum atomic E-state index is 13.1. The number of anilines is 1. The van der Waals surface area contributed by atoms with E-state index in [1.807, 2.05) is 0 Å². The zero-order chi connectivity index (χ0) is 22.6. The van der Waals surface area contributed by atoms with Crippen molar-refractivity contribution < 1.29 is 31.1 Å². The number of halogens is 3. The lowest BCUT2D eigenvalue weighted by Gasteiger charge is -2.14. The lowest BCUT2D eigenvalue weighted by atomic mass is 10.1. The number of nitrogens with zero attached hydrogens (tertiary/aromatic N) is 1. The average Bonchev–Trinajstić information content (AvgIpc) is 3.23. The molecule has 0 aliphatic carbocycles. The van der Waals surface area contributed by atoms with E-state index in [-0.39, 0.29) is 33.4 Å². The summed E-state index contributed by atoms with van der Waals surface area (Å²) in [6.07, 6.45) is -3.14. The average molecular weight is 471 g/mol. The Balaban J connectivity index is 1.68. The molecule has 3 rings (SSSR count). The van der Waals surface area contributed by atoms with Crippen molar-refractivity contribution in [1.82, 2.24) is 10.3 Å². The smallest absolute Gasteiger partial charge is 0.419 e. The molecule has 0 radical (unpaired) electrons. The zero-order valence-corrected chi connectivity index (χ0v) is 17.6. The van der Waals surface area contributed by atoms with E-state index in [0.29, 0.717) is 0 Å². The minimum absolute atomic E-state index is 0.0655. The molecule has 1 heterocycles. The predicted octanol–water partition coefficient (Wildman–Crippen LogP) is 3.90. The molecule has 12 heteroatoms. The van der Waals surface area contributed by atoms with Gasteiger partial charge in [-0.05, 0) is 42.0 Å². The maximum absolute atomic E-state index is 13.1. The van der Waals surface area contributed by atoms with Gasteiger partial charge >= 0.3 is 6.18 Å². The van der Waals surface area contributed by atoms with Gasteiger partial charge < -0.3 is 10.1 Å². The Morgan fingerprint density at radius 2 is 1.87 bits per heavy atom. The summed E-state index contributed by atoms with van der Waals surface area (Å²) in [4.78, 5) is 16.1. The molecule has 1 amide bonds. The fourth-order valence-electron chi connectivity index (χ4n) is 2.60. The van der Waals surface area contributed by atoms with Crippen LogP contribution in [0.2, 0.25) is 0 Å². The van der Waals surface area contributed by atoms with Gasteiger partial charge in [0.05, 0.1) is 17.6 Å². The van der Waals surface area contributed by atoms with E-state index in [2.05, 4.69) is 15.0 Å². The topological polar surface area (TPSA) is 97.4 Å². The molecule has 0 unspecified atom stereocenters. The first-order valence-electron chi connectivity index (χ1n) is 8.65. The van der Waals surface area contributed by atoms with Crippen molar-refractivity contribution in [3.05, 3.63) is 70.7 Å². The van der Waals surface area contributed by atoms with Gasteiger partial charge in [-0.25, -0.2) is 13.4 Å². The van der Waals surface area contributed by atoms with E-state index in [0.717, 1.165) is 24.5 Å². The van der Waals surface area contributed by atoms with E-state index in [1.54, 1.807) is 5.38 Å². The SMILES string of the molecule is COc1ccc(CNC(=O)c2ccc(S(=O)(=O)Nc3nccs3)cc2)cc1C(F)(F)F. The molecule has 3 aromatic rings. The number of amides is 1. The van der Waals surface area contributed by atoms with Crippen molar-refractivity contribution in [3.63, 3.8) is 0 Å². The van der Waals surface area contributed by atoms with Crippen molar-refractivity contribution in [2.75, 3.05) is 11.8 Å². The van der Waals surface area contributed by atoms with Gasteiger partial charge in [-0.2, -0.15) is 13.2 Å². The van der Waals surface area contributed by atoms with Crippen molar-refractivity contribution >= 4 is 32.4 Å². The number of aromatic nitrogens is 1. The normalized spacial score (nSPS) is 11.7. The monoisotopic (exact) mass is 471 g/mol. The fourth-order valence-corrected chi connectivity index (χ4v) is 4.39. The van der Waals surface area contributed by atoms with Crippen molar-refractivity contribution in [2.45, 2.75) is 17.6 Å². The Morgan fingerprint density at radius 3 is 2.45 bits per heavy atom. The van der Waals surface area contributed by atoms with E-state index >= 15 is 0 Å². The number of carbonyl (C=O) groups is 1. The molecule has 7 nitrogen and oxygen atoms in total. The second-order valence-corrected chi connectivity index (χ2v) is 8.76. The summed E-state index contributed by atoms with van der Waals surface area (Å²) in [5, 5.41) is 4.33. The lowest BCUT2D eigenvalue weighted by molar-refractivity contribution is -0.138. The van der Waals surface area contributed by atoms with E-state index in [4.69, 9.17) is 4.74 Å². The molecule has 1 aromatic heterocycles. The van der Waals surface area contributed by atoms with E-state index < -0.39 is 27.7 Å². The number of alkyl halides is 3. The fraction of sp³-hybridized carbons (Fsp3) is 0.158. The minimum atomic E-state index is -4.60. The third-order valence-electron chi connectivity index (χ3n) is 4.10. The molecule has 0 spiro atoms. The summed E-state index contributed by atoms with van der Waals surface area (Å²) in [7, 11) is -2.72. The highest BCUT2D eigenvalue weighted by atomic mass is 32.2. The Morgan fingerprint density at radius 1 is 1.16 bits per heavy atom. The van der Waals surface area contributed by atoms with Gasteiger partial charge in [-0.15, -0.1) is 11.3 Å². The molecule has 2 N–H and O–H groups in total. The summed E-state index contributed by atoms with van der Waals surface area (Å²) in [6.45, 7) is -0.155. The zero-order valence-electron chi connectivity index (χ0n) is 15.9.